The van der Waals surface area contributed by atoms with Crippen molar-refractivity contribution in [2.24, 2.45) is 7.05 Å². The van der Waals surface area contributed by atoms with Crippen molar-refractivity contribution >= 4 is 11.6 Å². The van der Waals surface area contributed by atoms with Crippen molar-refractivity contribution < 1.29 is 9.90 Å². The van der Waals surface area contributed by atoms with Crippen molar-refractivity contribution in [1.29, 1.82) is 0 Å². The molecule has 22 heavy (non-hydrogen) atoms. The molecule has 2 aromatic carbocycles. The van der Waals surface area contributed by atoms with Gasteiger partial charge in [-0.1, -0.05) is 42.5 Å². The highest BCUT2D eigenvalue weighted by atomic mass is 16.3. The third-order valence-electron chi connectivity index (χ3n) is 3.27. The number of nitrogens with zero attached hydrogens (tertiary/aromatic N) is 2. The van der Waals surface area contributed by atoms with E-state index in [9.17, 15) is 9.90 Å². The lowest BCUT2D eigenvalue weighted by molar-refractivity contribution is 0.102. The number of rotatable bonds is 3. The van der Waals surface area contributed by atoms with Crippen LogP contribution in [0.1, 0.15) is 10.4 Å². The maximum Gasteiger partial charge on any atom is 0.259 e. The van der Waals surface area contributed by atoms with Crippen LogP contribution in [-0.2, 0) is 7.05 Å². The summed E-state index contributed by atoms with van der Waals surface area (Å²) in [5.74, 6) is -0.283. The number of carbonyl (C=O) groups excluding carboxylic acids is 1. The van der Waals surface area contributed by atoms with Gasteiger partial charge in [0.15, 0.2) is 0 Å². The monoisotopic (exact) mass is 293 g/mol. The maximum atomic E-state index is 12.5. The number of para-hydroxylation sites is 2. The standard InChI is InChI=1S/C17H15N3O2/c1-20-11-13(16(19-20)12-7-3-2-4-8-12)17(22)18-14-9-5-6-10-15(14)21/h2-11,21H,1H3,(H,18,22). The van der Waals surface area contributed by atoms with Gasteiger partial charge in [0.05, 0.1) is 11.3 Å². The number of aromatic nitrogens is 2. The molecule has 5 heteroatoms. The number of phenols is 1. The van der Waals surface area contributed by atoms with E-state index in [4.69, 9.17) is 0 Å². The quantitative estimate of drug-likeness (QED) is 0.729. The van der Waals surface area contributed by atoms with E-state index in [0.717, 1.165) is 5.56 Å². The van der Waals surface area contributed by atoms with Crippen LogP contribution in [0.3, 0.4) is 0 Å². The smallest absolute Gasteiger partial charge is 0.259 e. The lowest BCUT2D eigenvalue weighted by Gasteiger charge is -2.07. The van der Waals surface area contributed by atoms with Gasteiger partial charge in [0.2, 0.25) is 0 Å². The van der Waals surface area contributed by atoms with E-state index >= 15 is 0 Å². The number of benzene rings is 2. The Balaban J connectivity index is 1.95. The SMILES string of the molecule is Cn1cc(C(=O)Nc2ccccc2O)c(-c2ccccc2)n1. The van der Waals surface area contributed by atoms with Gasteiger partial charge in [0.1, 0.15) is 11.4 Å². The molecule has 0 aliphatic rings. The Labute approximate surface area is 127 Å². The predicted octanol–water partition coefficient (Wildman–Crippen LogP) is 3.05. The average molecular weight is 293 g/mol. The van der Waals surface area contributed by atoms with Gasteiger partial charge in [-0.25, -0.2) is 0 Å². The Morgan fingerprint density at radius 3 is 2.50 bits per heavy atom. The lowest BCUT2D eigenvalue weighted by atomic mass is 10.1. The summed E-state index contributed by atoms with van der Waals surface area (Å²) >= 11 is 0. The first-order valence-electron chi connectivity index (χ1n) is 6.83. The molecule has 0 saturated carbocycles. The molecule has 0 aliphatic heterocycles. The maximum absolute atomic E-state index is 12.5. The van der Waals surface area contributed by atoms with E-state index in [1.807, 2.05) is 30.3 Å². The highest BCUT2D eigenvalue weighted by Gasteiger charge is 2.17. The van der Waals surface area contributed by atoms with Crippen LogP contribution in [0.5, 0.6) is 5.75 Å². The molecular weight excluding hydrogens is 278 g/mol. The van der Waals surface area contributed by atoms with Crippen LogP contribution < -0.4 is 5.32 Å². The first-order valence-corrected chi connectivity index (χ1v) is 6.83. The fourth-order valence-corrected chi connectivity index (χ4v) is 2.23. The van der Waals surface area contributed by atoms with Gasteiger partial charge in [-0.05, 0) is 12.1 Å². The molecule has 0 aliphatic carbocycles. The van der Waals surface area contributed by atoms with Gasteiger partial charge in [0.25, 0.3) is 5.91 Å². The van der Waals surface area contributed by atoms with Crippen LogP contribution in [0.15, 0.2) is 60.8 Å². The van der Waals surface area contributed by atoms with Gasteiger partial charge in [0, 0.05) is 18.8 Å². The summed E-state index contributed by atoms with van der Waals surface area (Å²) in [6.45, 7) is 0. The Hall–Kier alpha value is -3.08. The van der Waals surface area contributed by atoms with E-state index in [-0.39, 0.29) is 11.7 Å². The fraction of sp³-hybridized carbons (Fsp3) is 0.0588. The van der Waals surface area contributed by atoms with E-state index in [1.165, 1.54) is 6.07 Å². The van der Waals surface area contributed by atoms with Gasteiger partial charge < -0.3 is 10.4 Å². The van der Waals surface area contributed by atoms with Crippen molar-refractivity contribution in [3.05, 3.63) is 66.4 Å². The zero-order valence-corrected chi connectivity index (χ0v) is 12.0. The number of carbonyl (C=O) groups is 1. The Morgan fingerprint density at radius 2 is 1.77 bits per heavy atom. The van der Waals surface area contributed by atoms with Crippen LogP contribution in [-0.4, -0.2) is 20.8 Å². The summed E-state index contributed by atoms with van der Waals surface area (Å²) in [6, 6.07) is 16.1. The number of aryl methyl sites for hydroxylation is 1. The molecule has 3 aromatic rings. The van der Waals surface area contributed by atoms with Crippen LogP contribution in [0, 0.1) is 0 Å². The topological polar surface area (TPSA) is 67.2 Å². The Bertz CT molecular complexity index is 810. The van der Waals surface area contributed by atoms with Crippen molar-refractivity contribution in [2.45, 2.75) is 0 Å². The molecule has 0 atom stereocenters. The second kappa shape index (κ2) is 5.73. The van der Waals surface area contributed by atoms with Crippen LogP contribution >= 0.6 is 0 Å². The molecule has 1 amide bonds. The molecule has 1 heterocycles. The van der Waals surface area contributed by atoms with Gasteiger partial charge in [-0.15, -0.1) is 0 Å². The van der Waals surface area contributed by atoms with Crippen LogP contribution in [0.25, 0.3) is 11.3 Å². The fourth-order valence-electron chi connectivity index (χ4n) is 2.23. The highest BCUT2D eigenvalue weighted by Crippen LogP contribution is 2.25. The summed E-state index contributed by atoms with van der Waals surface area (Å²) in [4.78, 5) is 12.5. The number of amides is 1. The summed E-state index contributed by atoms with van der Waals surface area (Å²) in [5, 5.41) is 16.8. The summed E-state index contributed by atoms with van der Waals surface area (Å²) in [6.07, 6.45) is 1.66. The number of aromatic hydroxyl groups is 1. The molecule has 0 fully saturated rings. The average Bonchev–Trinajstić information content (AvgIpc) is 2.92. The van der Waals surface area contributed by atoms with Crippen LogP contribution in [0.4, 0.5) is 5.69 Å². The molecule has 0 bridgehead atoms. The normalized spacial score (nSPS) is 10.4. The Morgan fingerprint density at radius 1 is 1.09 bits per heavy atom. The molecule has 1 aromatic heterocycles. The molecule has 0 saturated heterocycles. The molecule has 3 rings (SSSR count). The minimum Gasteiger partial charge on any atom is -0.506 e. The highest BCUT2D eigenvalue weighted by molar-refractivity contribution is 6.08. The van der Waals surface area contributed by atoms with Gasteiger partial charge in [-0.2, -0.15) is 5.10 Å². The number of phenolic OH excluding ortho intramolecular Hbond substituents is 1. The van der Waals surface area contributed by atoms with Crippen molar-refractivity contribution in [3.63, 3.8) is 0 Å². The molecule has 0 unspecified atom stereocenters. The summed E-state index contributed by atoms with van der Waals surface area (Å²) in [7, 11) is 1.77. The van der Waals surface area contributed by atoms with Gasteiger partial charge in [-0.3, -0.25) is 9.48 Å². The van der Waals surface area contributed by atoms with E-state index < -0.39 is 0 Å². The third-order valence-corrected chi connectivity index (χ3v) is 3.27. The van der Waals surface area contributed by atoms with Gasteiger partial charge >= 0.3 is 0 Å². The zero-order valence-electron chi connectivity index (χ0n) is 12.0. The summed E-state index contributed by atoms with van der Waals surface area (Å²) in [5.41, 5.74) is 2.30. The summed E-state index contributed by atoms with van der Waals surface area (Å²) < 4.78 is 1.60. The lowest BCUT2D eigenvalue weighted by Crippen LogP contribution is -2.12. The molecule has 0 spiro atoms. The predicted molar refractivity (Wildman–Crippen MR) is 84.7 cm³/mol. The van der Waals surface area contributed by atoms with Crippen LogP contribution in [0.2, 0.25) is 0 Å². The second-order valence-corrected chi connectivity index (χ2v) is 4.90. The van der Waals surface area contributed by atoms with Crippen molar-refractivity contribution in [1.82, 2.24) is 9.78 Å². The molecule has 0 radical (unpaired) electrons. The van der Waals surface area contributed by atoms with Crippen molar-refractivity contribution in [2.75, 3.05) is 5.32 Å². The number of anilines is 1. The van der Waals surface area contributed by atoms with E-state index in [1.54, 1.807) is 36.1 Å². The first kappa shape index (κ1) is 13.9. The Kier molecular flexibility index (Phi) is 3.62. The second-order valence-electron chi connectivity index (χ2n) is 4.90. The van der Waals surface area contributed by atoms with Crippen molar-refractivity contribution in [3.8, 4) is 17.0 Å². The number of nitrogens with one attached hydrogen (secondary N) is 1. The molecule has 110 valence electrons. The van der Waals surface area contributed by atoms with E-state index in [0.29, 0.717) is 16.9 Å². The number of hydrogen-bond acceptors (Lipinski definition) is 3. The van der Waals surface area contributed by atoms with E-state index in [2.05, 4.69) is 10.4 Å². The minimum atomic E-state index is -0.312. The molecule has 5 nitrogen and oxygen atoms in total. The first-order chi connectivity index (χ1) is 10.6. The molecule has 2 N–H and O–H groups in total. The molecular formula is C17H15N3O2. The minimum absolute atomic E-state index is 0.0287. The zero-order chi connectivity index (χ0) is 15.5. The largest absolute Gasteiger partial charge is 0.506 e. The third kappa shape index (κ3) is 2.69. The number of hydrogen-bond donors (Lipinski definition) is 2.